The van der Waals surface area contributed by atoms with Gasteiger partial charge in [-0.05, 0) is 49.2 Å². The number of halogens is 2. The summed E-state index contributed by atoms with van der Waals surface area (Å²) in [6.45, 7) is 2.97. The molecule has 0 amide bonds. The molecule has 4 heteroatoms. The largest absolute Gasteiger partial charge is 0.308 e. The van der Waals surface area contributed by atoms with E-state index in [9.17, 15) is 4.39 Å². The fraction of sp³-hybridized carbons (Fsp3) is 0.312. The van der Waals surface area contributed by atoms with Crippen molar-refractivity contribution in [3.63, 3.8) is 0 Å². The smallest absolute Gasteiger partial charge is 0.123 e. The van der Waals surface area contributed by atoms with E-state index in [2.05, 4.69) is 17.2 Å². The Morgan fingerprint density at radius 2 is 2.15 bits per heavy atom. The zero-order valence-corrected chi connectivity index (χ0v) is 12.2. The first-order chi connectivity index (χ1) is 9.70. The number of nitrogens with one attached hydrogen (secondary N) is 1. The lowest BCUT2D eigenvalue weighted by atomic mass is 10.0. The maximum Gasteiger partial charge on any atom is 0.123 e. The molecule has 1 aromatic heterocycles. The monoisotopic (exact) mass is 292 g/mol. The number of aromatic nitrogens is 1. The molecule has 2 aromatic rings. The minimum Gasteiger partial charge on any atom is -0.308 e. The standard InChI is InChI=1S/C16H18ClFN2/c1-2-8-19-15(16-14(17)7-4-9-20-16)11-12-5-3-6-13(18)10-12/h3-7,9-10,15,19H,2,8,11H2,1H3. The SMILES string of the molecule is CCCNC(Cc1cccc(F)c1)c1ncccc1Cl. The molecule has 0 saturated heterocycles. The summed E-state index contributed by atoms with van der Waals surface area (Å²) < 4.78 is 13.3. The van der Waals surface area contributed by atoms with Crippen molar-refractivity contribution in [2.75, 3.05) is 6.54 Å². The number of hydrogen-bond acceptors (Lipinski definition) is 2. The van der Waals surface area contributed by atoms with E-state index in [-0.39, 0.29) is 11.9 Å². The normalized spacial score (nSPS) is 12.3. The molecule has 20 heavy (non-hydrogen) atoms. The van der Waals surface area contributed by atoms with Gasteiger partial charge >= 0.3 is 0 Å². The maximum atomic E-state index is 13.3. The number of nitrogens with zero attached hydrogens (tertiary/aromatic N) is 1. The fourth-order valence-electron chi connectivity index (χ4n) is 2.14. The van der Waals surface area contributed by atoms with E-state index in [4.69, 9.17) is 11.6 Å². The first-order valence-corrected chi connectivity index (χ1v) is 7.16. The average Bonchev–Trinajstić information content (AvgIpc) is 2.44. The lowest BCUT2D eigenvalue weighted by Gasteiger charge is -2.19. The Bertz CT molecular complexity index is 560. The van der Waals surface area contributed by atoms with Gasteiger partial charge in [-0.25, -0.2) is 4.39 Å². The zero-order valence-electron chi connectivity index (χ0n) is 11.4. The molecule has 0 fully saturated rings. The number of pyridine rings is 1. The molecule has 1 unspecified atom stereocenters. The molecular formula is C16H18ClFN2. The third-order valence-electron chi connectivity index (χ3n) is 3.09. The highest BCUT2D eigenvalue weighted by molar-refractivity contribution is 6.31. The third-order valence-corrected chi connectivity index (χ3v) is 3.41. The molecule has 0 aliphatic heterocycles. The summed E-state index contributed by atoms with van der Waals surface area (Å²) in [7, 11) is 0. The summed E-state index contributed by atoms with van der Waals surface area (Å²) >= 11 is 6.22. The van der Waals surface area contributed by atoms with Crippen LogP contribution < -0.4 is 5.32 Å². The third kappa shape index (κ3) is 4.02. The van der Waals surface area contributed by atoms with E-state index in [0.29, 0.717) is 11.4 Å². The Hall–Kier alpha value is -1.45. The first-order valence-electron chi connectivity index (χ1n) is 6.79. The molecule has 1 N–H and O–H groups in total. The van der Waals surface area contributed by atoms with Gasteiger partial charge < -0.3 is 5.32 Å². The van der Waals surface area contributed by atoms with Gasteiger partial charge in [0, 0.05) is 6.20 Å². The molecule has 0 aliphatic rings. The Morgan fingerprint density at radius 1 is 1.30 bits per heavy atom. The molecule has 2 rings (SSSR count). The molecule has 2 nitrogen and oxygen atoms in total. The van der Waals surface area contributed by atoms with Crippen LogP contribution in [0.3, 0.4) is 0 Å². The number of benzene rings is 1. The summed E-state index contributed by atoms with van der Waals surface area (Å²) in [4.78, 5) is 4.36. The second kappa shape index (κ2) is 7.36. The van der Waals surface area contributed by atoms with Crippen molar-refractivity contribution in [3.05, 3.63) is 64.7 Å². The highest BCUT2D eigenvalue weighted by Crippen LogP contribution is 2.23. The maximum absolute atomic E-state index is 13.3. The predicted octanol–water partition coefficient (Wildman–Crippen LogP) is 4.16. The van der Waals surface area contributed by atoms with Gasteiger partial charge in [-0.1, -0.05) is 30.7 Å². The molecule has 1 aromatic carbocycles. The topological polar surface area (TPSA) is 24.9 Å². The van der Waals surface area contributed by atoms with E-state index >= 15 is 0 Å². The van der Waals surface area contributed by atoms with E-state index < -0.39 is 0 Å². The molecule has 0 bridgehead atoms. The van der Waals surface area contributed by atoms with Gasteiger partial charge in [0.1, 0.15) is 5.82 Å². The van der Waals surface area contributed by atoms with Gasteiger partial charge in [0.25, 0.3) is 0 Å². The van der Waals surface area contributed by atoms with Crippen LogP contribution in [0.5, 0.6) is 0 Å². The van der Waals surface area contributed by atoms with E-state index in [1.807, 2.05) is 18.2 Å². The molecule has 0 saturated carbocycles. The van der Waals surface area contributed by atoms with Crippen molar-refractivity contribution in [1.29, 1.82) is 0 Å². The van der Waals surface area contributed by atoms with Crippen LogP contribution in [0.4, 0.5) is 4.39 Å². The van der Waals surface area contributed by atoms with Crippen molar-refractivity contribution < 1.29 is 4.39 Å². The van der Waals surface area contributed by atoms with Crippen molar-refractivity contribution in [2.45, 2.75) is 25.8 Å². The molecule has 0 radical (unpaired) electrons. The Morgan fingerprint density at radius 3 is 2.85 bits per heavy atom. The Kier molecular flexibility index (Phi) is 5.50. The van der Waals surface area contributed by atoms with Crippen LogP contribution in [0, 0.1) is 5.82 Å². The number of hydrogen-bond donors (Lipinski definition) is 1. The highest BCUT2D eigenvalue weighted by atomic mass is 35.5. The molecule has 106 valence electrons. The van der Waals surface area contributed by atoms with Crippen LogP contribution >= 0.6 is 11.6 Å². The summed E-state index contributed by atoms with van der Waals surface area (Å²) in [6, 6.07) is 10.3. The van der Waals surface area contributed by atoms with E-state index in [1.165, 1.54) is 6.07 Å². The van der Waals surface area contributed by atoms with Crippen LogP contribution in [-0.2, 0) is 6.42 Å². The van der Waals surface area contributed by atoms with Crippen LogP contribution in [0.1, 0.15) is 30.6 Å². The van der Waals surface area contributed by atoms with Crippen LogP contribution in [0.15, 0.2) is 42.6 Å². The van der Waals surface area contributed by atoms with Crippen LogP contribution in [0.2, 0.25) is 5.02 Å². The fourth-order valence-corrected chi connectivity index (χ4v) is 2.39. The van der Waals surface area contributed by atoms with Crippen molar-refractivity contribution in [1.82, 2.24) is 10.3 Å². The Labute approximate surface area is 124 Å². The minimum absolute atomic E-state index is 0.00884. The summed E-state index contributed by atoms with van der Waals surface area (Å²) in [6.07, 6.45) is 3.41. The molecule has 0 aliphatic carbocycles. The lowest BCUT2D eigenvalue weighted by molar-refractivity contribution is 0.516. The highest BCUT2D eigenvalue weighted by Gasteiger charge is 2.16. The predicted molar refractivity (Wildman–Crippen MR) is 80.4 cm³/mol. The number of rotatable bonds is 6. The summed E-state index contributed by atoms with van der Waals surface area (Å²) in [5.74, 6) is -0.219. The zero-order chi connectivity index (χ0) is 14.4. The minimum atomic E-state index is -0.219. The van der Waals surface area contributed by atoms with Gasteiger partial charge in [-0.2, -0.15) is 0 Å². The molecule has 0 spiro atoms. The van der Waals surface area contributed by atoms with Crippen LogP contribution in [0.25, 0.3) is 0 Å². The summed E-state index contributed by atoms with van der Waals surface area (Å²) in [5, 5.41) is 4.06. The van der Waals surface area contributed by atoms with Gasteiger partial charge in [0.2, 0.25) is 0 Å². The Balaban J connectivity index is 2.22. The second-order valence-electron chi connectivity index (χ2n) is 4.71. The molecule has 1 heterocycles. The van der Waals surface area contributed by atoms with Gasteiger partial charge in [-0.3, -0.25) is 4.98 Å². The first kappa shape index (κ1) is 14.9. The van der Waals surface area contributed by atoms with E-state index in [0.717, 1.165) is 24.2 Å². The quantitative estimate of drug-likeness (QED) is 0.865. The van der Waals surface area contributed by atoms with Gasteiger partial charge in [0.05, 0.1) is 16.8 Å². The van der Waals surface area contributed by atoms with Crippen molar-refractivity contribution in [2.24, 2.45) is 0 Å². The second-order valence-corrected chi connectivity index (χ2v) is 5.12. The summed E-state index contributed by atoms with van der Waals surface area (Å²) in [5.41, 5.74) is 1.74. The van der Waals surface area contributed by atoms with E-state index in [1.54, 1.807) is 18.3 Å². The molecule has 1 atom stereocenters. The van der Waals surface area contributed by atoms with Crippen molar-refractivity contribution >= 4 is 11.6 Å². The lowest BCUT2D eigenvalue weighted by Crippen LogP contribution is -2.25. The van der Waals surface area contributed by atoms with Gasteiger partial charge in [-0.15, -0.1) is 0 Å². The van der Waals surface area contributed by atoms with Crippen molar-refractivity contribution in [3.8, 4) is 0 Å². The average molecular weight is 293 g/mol. The molecular weight excluding hydrogens is 275 g/mol. The van der Waals surface area contributed by atoms with Crippen LogP contribution in [-0.4, -0.2) is 11.5 Å². The van der Waals surface area contributed by atoms with Gasteiger partial charge in [0.15, 0.2) is 0 Å².